The van der Waals surface area contributed by atoms with Crippen molar-refractivity contribution in [3.63, 3.8) is 0 Å². The minimum atomic E-state index is 0.109. The van der Waals surface area contributed by atoms with E-state index in [0.717, 1.165) is 11.1 Å². The van der Waals surface area contributed by atoms with Crippen LogP contribution in [0.5, 0.6) is 0 Å². The second-order valence-corrected chi connectivity index (χ2v) is 3.96. The highest BCUT2D eigenvalue weighted by Gasteiger charge is 2.04. The zero-order valence-corrected chi connectivity index (χ0v) is 8.54. The van der Waals surface area contributed by atoms with Gasteiger partial charge in [0, 0.05) is 16.6 Å². The van der Waals surface area contributed by atoms with Gasteiger partial charge in [0.05, 0.1) is 6.61 Å². The summed E-state index contributed by atoms with van der Waals surface area (Å²) in [6.07, 6.45) is 0. The Kier molecular flexibility index (Phi) is 2.30. The van der Waals surface area contributed by atoms with Crippen molar-refractivity contribution in [3.8, 4) is 0 Å². The first-order chi connectivity index (χ1) is 6.70. The second-order valence-electron chi connectivity index (χ2n) is 3.96. The smallest absolute Gasteiger partial charge is 0.0682 e. The van der Waals surface area contributed by atoms with Crippen molar-refractivity contribution in [1.29, 1.82) is 0 Å². The van der Waals surface area contributed by atoms with Gasteiger partial charge < -0.3 is 10.1 Å². The van der Waals surface area contributed by atoms with E-state index in [1.165, 1.54) is 11.1 Å². The van der Waals surface area contributed by atoms with Crippen LogP contribution in [0.3, 0.4) is 0 Å². The summed E-state index contributed by atoms with van der Waals surface area (Å²) in [6, 6.07) is 8.15. The summed E-state index contributed by atoms with van der Waals surface area (Å²) in [4.78, 5) is 3.36. The van der Waals surface area contributed by atoms with E-state index in [4.69, 9.17) is 5.11 Å². The van der Waals surface area contributed by atoms with Crippen LogP contribution in [0.2, 0.25) is 0 Å². The van der Waals surface area contributed by atoms with Crippen molar-refractivity contribution < 1.29 is 5.11 Å². The van der Waals surface area contributed by atoms with Crippen LogP contribution >= 0.6 is 0 Å². The molecule has 2 heteroatoms. The number of rotatable bonds is 2. The minimum absolute atomic E-state index is 0.109. The first-order valence-electron chi connectivity index (χ1n) is 4.93. The zero-order valence-electron chi connectivity index (χ0n) is 8.54. The average molecular weight is 189 g/mol. The predicted octanol–water partition coefficient (Wildman–Crippen LogP) is 2.78. The third kappa shape index (κ3) is 1.53. The van der Waals surface area contributed by atoms with Gasteiger partial charge >= 0.3 is 0 Å². The zero-order chi connectivity index (χ0) is 10.1. The van der Waals surface area contributed by atoms with Crippen molar-refractivity contribution in [2.45, 2.75) is 26.4 Å². The molecule has 0 saturated heterocycles. The fourth-order valence-corrected chi connectivity index (χ4v) is 1.61. The number of hydrogen-bond donors (Lipinski definition) is 2. The third-order valence-electron chi connectivity index (χ3n) is 2.51. The molecule has 2 aromatic rings. The summed E-state index contributed by atoms with van der Waals surface area (Å²) < 4.78 is 0. The summed E-state index contributed by atoms with van der Waals surface area (Å²) >= 11 is 0. The number of benzene rings is 1. The maximum absolute atomic E-state index is 9.00. The van der Waals surface area contributed by atoms with Crippen molar-refractivity contribution in [2.75, 3.05) is 0 Å². The molecule has 0 aliphatic rings. The molecule has 0 spiro atoms. The number of aromatic amines is 1. The topological polar surface area (TPSA) is 36.0 Å². The Hall–Kier alpha value is -1.28. The summed E-state index contributed by atoms with van der Waals surface area (Å²) in [6.45, 7) is 4.44. The first-order valence-corrected chi connectivity index (χ1v) is 4.93. The summed E-state index contributed by atoms with van der Waals surface area (Å²) in [5, 5.41) is 10.2. The Balaban J connectivity index is 2.54. The highest BCUT2D eigenvalue weighted by Crippen LogP contribution is 2.21. The number of aliphatic hydroxyl groups is 1. The molecule has 2 N–H and O–H groups in total. The molecule has 1 aromatic carbocycles. The van der Waals surface area contributed by atoms with Gasteiger partial charge in [0.25, 0.3) is 0 Å². The summed E-state index contributed by atoms with van der Waals surface area (Å²) in [5.74, 6) is 0.514. The molecule has 0 fully saturated rings. The SMILES string of the molecule is CC(C)c1cc2cc(CO)ccc2[nH]1. The van der Waals surface area contributed by atoms with E-state index in [-0.39, 0.29) is 6.61 Å². The van der Waals surface area contributed by atoms with Crippen LogP contribution in [0, 0.1) is 0 Å². The monoisotopic (exact) mass is 189 g/mol. The molecule has 0 amide bonds. The number of H-pyrrole nitrogens is 1. The standard InChI is InChI=1S/C12H15NO/c1-8(2)12-6-10-5-9(7-14)3-4-11(10)13-12/h3-6,8,13-14H,7H2,1-2H3. The fraction of sp³-hybridized carbons (Fsp3) is 0.333. The highest BCUT2D eigenvalue weighted by atomic mass is 16.3. The van der Waals surface area contributed by atoms with E-state index in [1.54, 1.807) is 0 Å². The number of fused-ring (bicyclic) bond motifs is 1. The lowest BCUT2D eigenvalue weighted by Crippen LogP contribution is -1.84. The van der Waals surface area contributed by atoms with Crippen molar-refractivity contribution >= 4 is 10.9 Å². The largest absolute Gasteiger partial charge is 0.392 e. The Morgan fingerprint density at radius 3 is 2.71 bits per heavy atom. The highest BCUT2D eigenvalue weighted by molar-refractivity contribution is 5.81. The molecule has 0 bridgehead atoms. The maximum Gasteiger partial charge on any atom is 0.0682 e. The van der Waals surface area contributed by atoms with E-state index in [2.05, 4.69) is 24.9 Å². The Labute approximate surface area is 83.6 Å². The quantitative estimate of drug-likeness (QED) is 0.748. The molecule has 0 aliphatic carbocycles. The number of aromatic nitrogens is 1. The molecule has 14 heavy (non-hydrogen) atoms. The van der Waals surface area contributed by atoms with Crippen LogP contribution in [-0.4, -0.2) is 10.1 Å². The number of nitrogens with one attached hydrogen (secondary N) is 1. The van der Waals surface area contributed by atoms with E-state index >= 15 is 0 Å². The van der Waals surface area contributed by atoms with Crippen LogP contribution in [0.25, 0.3) is 10.9 Å². The minimum Gasteiger partial charge on any atom is -0.392 e. The molecular formula is C12H15NO. The molecule has 1 heterocycles. The van der Waals surface area contributed by atoms with E-state index in [0.29, 0.717) is 5.92 Å². The molecule has 0 aliphatic heterocycles. The Morgan fingerprint density at radius 2 is 2.07 bits per heavy atom. The summed E-state index contributed by atoms with van der Waals surface area (Å²) in [5.41, 5.74) is 3.35. The van der Waals surface area contributed by atoms with Gasteiger partial charge in [-0.05, 0) is 29.7 Å². The van der Waals surface area contributed by atoms with Gasteiger partial charge in [-0.15, -0.1) is 0 Å². The Morgan fingerprint density at radius 1 is 1.29 bits per heavy atom. The number of aliphatic hydroxyl groups excluding tert-OH is 1. The van der Waals surface area contributed by atoms with Crippen LogP contribution in [0.4, 0.5) is 0 Å². The van der Waals surface area contributed by atoms with Crippen LogP contribution in [0.1, 0.15) is 31.0 Å². The molecule has 1 aromatic heterocycles. The van der Waals surface area contributed by atoms with Crippen molar-refractivity contribution in [2.24, 2.45) is 0 Å². The second kappa shape index (κ2) is 3.46. The van der Waals surface area contributed by atoms with Gasteiger partial charge in [-0.2, -0.15) is 0 Å². The molecule has 2 nitrogen and oxygen atoms in total. The molecule has 74 valence electrons. The van der Waals surface area contributed by atoms with Gasteiger partial charge in [0.1, 0.15) is 0 Å². The van der Waals surface area contributed by atoms with E-state index in [1.807, 2.05) is 18.2 Å². The molecule has 0 radical (unpaired) electrons. The third-order valence-corrected chi connectivity index (χ3v) is 2.51. The maximum atomic E-state index is 9.00. The average Bonchev–Trinajstić information content (AvgIpc) is 2.59. The number of hydrogen-bond acceptors (Lipinski definition) is 1. The molecule has 0 atom stereocenters. The van der Waals surface area contributed by atoms with Gasteiger partial charge in [0.2, 0.25) is 0 Å². The first kappa shape index (κ1) is 9.28. The van der Waals surface area contributed by atoms with Crippen molar-refractivity contribution in [3.05, 3.63) is 35.5 Å². The summed E-state index contributed by atoms with van der Waals surface area (Å²) in [7, 11) is 0. The van der Waals surface area contributed by atoms with Gasteiger partial charge in [-0.1, -0.05) is 19.9 Å². The molecular weight excluding hydrogens is 174 g/mol. The van der Waals surface area contributed by atoms with Gasteiger partial charge in [0.15, 0.2) is 0 Å². The molecule has 0 saturated carbocycles. The van der Waals surface area contributed by atoms with Crippen LogP contribution in [-0.2, 0) is 6.61 Å². The van der Waals surface area contributed by atoms with Crippen LogP contribution < -0.4 is 0 Å². The van der Waals surface area contributed by atoms with Crippen LogP contribution in [0.15, 0.2) is 24.3 Å². The molecule has 2 rings (SSSR count). The molecule has 0 unspecified atom stereocenters. The lowest BCUT2D eigenvalue weighted by molar-refractivity contribution is 0.282. The van der Waals surface area contributed by atoms with E-state index < -0.39 is 0 Å². The lowest BCUT2D eigenvalue weighted by Gasteiger charge is -1.97. The van der Waals surface area contributed by atoms with Gasteiger partial charge in [-0.3, -0.25) is 0 Å². The normalized spacial score (nSPS) is 11.4. The Bertz CT molecular complexity index is 443. The predicted molar refractivity (Wildman–Crippen MR) is 58.3 cm³/mol. The fourth-order valence-electron chi connectivity index (χ4n) is 1.61. The van der Waals surface area contributed by atoms with Gasteiger partial charge in [-0.25, -0.2) is 0 Å². The van der Waals surface area contributed by atoms with Crippen molar-refractivity contribution in [1.82, 2.24) is 4.98 Å². The lowest BCUT2D eigenvalue weighted by atomic mass is 10.1. The van der Waals surface area contributed by atoms with E-state index in [9.17, 15) is 0 Å².